The second-order valence-electron chi connectivity index (χ2n) is 4.85. The number of hydrogen-bond acceptors (Lipinski definition) is 4. The van der Waals surface area contributed by atoms with Crippen LogP contribution in [0.1, 0.15) is 16.7 Å². The molecule has 2 aromatic rings. The number of ether oxygens (including phenoxy) is 1. The van der Waals surface area contributed by atoms with Crippen molar-refractivity contribution >= 4 is 17.7 Å². The zero-order valence-corrected chi connectivity index (χ0v) is 13.7. The van der Waals surface area contributed by atoms with Crippen molar-refractivity contribution in [2.24, 2.45) is 0 Å². The molecule has 1 N–H and O–H groups in total. The number of nitrogens with zero attached hydrogens (tertiary/aromatic N) is 1. The molecular formula is C18H18N2O2S. The smallest absolute Gasteiger partial charge is 0.230 e. The lowest BCUT2D eigenvalue weighted by Gasteiger charge is -2.09. The van der Waals surface area contributed by atoms with Crippen LogP contribution in [0.2, 0.25) is 0 Å². The van der Waals surface area contributed by atoms with Crippen molar-refractivity contribution < 1.29 is 9.53 Å². The molecule has 0 radical (unpaired) electrons. The number of hydrogen-bond donors (Lipinski definition) is 1. The van der Waals surface area contributed by atoms with Gasteiger partial charge in [0.1, 0.15) is 5.75 Å². The Labute approximate surface area is 140 Å². The minimum Gasteiger partial charge on any atom is -0.496 e. The van der Waals surface area contributed by atoms with E-state index in [0.29, 0.717) is 23.6 Å². The van der Waals surface area contributed by atoms with Crippen molar-refractivity contribution in [3.05, 3.63) is 65.2 Å². The highest BCUT2D eigenvalue weighted by molar-refractivity contribution is 7.99. The lowest BCUT2D eigenvalue weighted by atomic mass is 10.1. The van der Waals surface area contributed by atoms with Crippen molar-refractivity contribution in [3.8, 4) is 11.8 Å². The van der Waals surface area contributed by atoms with Crippen LogP contribution in [0.4, 0.5) is 0 Å². The van der Waals surface area contributed by atoms with Gasteiger partial charge in [-0.3, -0.25) is 4.79 Å². The summed E-state index contributed by atoms with van der Waals surface area (Å²) in [6, 6.07) is 17.2. The Morgan fingerprint density at radius 1 is 1.17 bits per heavy atom. The van der Waals surface area contributed by atoms with E-state index in [0.717, 1.165) is 16.9 Å². The highest BCUT2D eigenvalue weighted by atomic mass is 32.2. The molecule has 4 nitrogen and oxygen atoms in total. The maximum Gasteiger partial charge on any atom is 0.230 e. The van der Waals surface area contributed by atoms with E-state index in [1.807, 2.05) is 42.5 Å². The fourth-order valence-electron chi connectivity index (χ4n) is 2.10. The van der Waals surface area contributed by atoms with Gasteiger partial charge in [-0.2, -0.15) is 5.26 Å². The van der Waals surface area contributed by atoms with Gasteiger partial charge in [0.05, 0.1) is 24.5 Å². The number of nitriles is 1. The number of nitrogens with one attached hydrogen (secondary N) is 1. The maximum atomic E-state index is 11.9. The number of amides is 1. The van der Waals surface area contributed by atoms with Gasteiger partial charge in [0.15, 0.2) is 0 Å². The third-order valence-electron chi connectivity index (χ3n) is 3.30. The Kier molecular flexibility index (Phi) is 6.52. The number of rotatable bonds is 7. The molecule has 1 amide bonds. The Balaban J connectivity index is 1.78. The van der Waals surface area contributed by atoms with Gasteiger partial charge in [0.25, 0.3) is 0 Å². The van der Waals surface area contributed by atoms with E-state index < -0.39 is 0 Å². The number of thioether (sulfide) groups is 1. The second-order valence-corrected chi connectivity index (χ2v) is 5.84. The van der Waals surface area contributed by atoms with E-state index in [9.17, 15) is 4.79 Å². The zero-order chi connectivity index (χ0) is 16.5. The topological polar surface area (TPSA) is 62.1 Å². The molecule has 0 unspecified atom stereocenters. The Bertz CT molecular complexity index is 710. The van der Waals surface area contributed by atoms with Gasteiger partial charge in [-0.05, 0) is 17.7 Å². The molecule has 0 aliphatic rings. The molecule has 0 atom stereocenters. The van der Waals surface area contributed by atoms with Gasteiger partial charge in [-0.15, -0.1) is 11.8 Å². The lowest BCUT2D eigenvalue weighted by Crippen LogP contribution is -2.24. The van der Waals surface area contributed by atoms with Crippen LogP contribution >= 0.6 is 11.8 Å². The molecule has 0 aliphatic heterocycles. The molecule has 2 rings (SSSR count). The van der Waals surface area contributed by atoms with Crippen molar-refractivity contribution in [2.45, 2.75) is 12.3 Å². The van der Waals surface area contributed by atoms with Crippen molar-refractivity contribution in [1.82, 2.24) is 5.32 Å². The van der Waals surface area contributed by atoms with E-state index in [-0.39, 0.29) is 5.91 Å². The average Bonchev–Trinajstić information content (AvgIpc) is 2.60. The number of carbonyl (C=O) groups is 1. The monoisotopic (exact) mass is 326 g/mol. The molecule has 2 aromatic carbocycles. The third-order valence-corrected chi connectivity index (χ3v) is 4.28. The number of methoxy groups -OCH3 is 1. The van der Waals surface area contributed by atoms with Crippen LogP contribution in [0.3, 0.4) is 0 Å². The summed E-state index contributed by atoms with van der Waals surface area (Å²) < 4.78 is 5.25. The van der Waals surface area contributed by atoms with Crippen molar-refractivity contribution in [2.75, 3.05) is 12.9 Å². The molecule has 0 bridgehead atoms. The lowest BCUT2D eigenvalue weighted by molar-refractivity contribution is -0.118. The molecule has 118 valence electrons. The highest BCUT2D eigenvalue weighted by Gasteiger charge is 2.06. The molecule has 0 spiro atoms. The third kappa shape index (κ3) is 5.04. The van der Waals surface area contributed by atoms with Crippen LogP contribution < -0.4 is 10.1 Å². The van der Waals surface area contributed by atoms with Gasteiger partial charge in [-0.25, -0.2) is 0 Å². The fraction of sp³-hybridized carbons (Fsp3) is 0.222. The first-order valence-electron chi connectivity index (χ1n) is 7.19. The van der Waals surface area contributed by atoms with Gasteiger partial charge in [-0.1, -0.05) is 36.4 Å². The van der Waals surface area contributed by atoms with E-state index in [1.165, 1.54) is 11.8 Å². The predicted molar refractivity (Wildman–Crippen MR) is 92.2 cm³/mol. The molecular weight excluding hydrogens is 308 g/mol. The molecule has 5 heteroatoms. The van der Waals surface area contributed by atoms with E-state index in [4.69, 9.17) is 10.00 Å². The van der Waals surface area contributed by atoms with Gasteiger partial charge >= 0.3 is 0 Å². The predicted octanol–water partition coefficient (Wildman–Crippen LogP) is 3.12. The molecule has 0 saturated carbocycles. The average molecular weight is 326 g/mol. The molecule has 0 aliphatic carbocycles. The number of para-hydroxylation sites is 1. The standard InChI is InChI=1S/C18H18N2O2S/c1-22-17-9-5-4-7-15(17)11-20-18(21)13-23-12-16-8-3-2-6-14(16)10-19/h2-9H,11-13H2,1H3,(H,20,21). The summed E-state index contributed by atoms with van der Waals surface area (Å²) in [6.45, 7) is 0.443. The van der Waals surface area contributed by atoms with Crippen LogP contribution in [-0.2, 0) is 17.1 Å². The molecule has 0 fully saturated rings. The zero-order valence-electron chi connectivity index (χ0n) is 12.9. The van der Waals surface area contributed by atoms with Gasteiger partial charge in [0.2, 0.25) is 5.91 Å². The first-order valence-corrected chi connectivity index (χ1v) is 8.34. The molecule has 0 saturated heterocycles. The Morgan fingerprint density at radius 2 is 1.87 bits per heavy atom. The van der Waals surface area contributed by atoms with E-state index in [2.05, 4.69) is 11.4 Å². The quantitative estimate of drug-likeness (QED) is 0.849. The van der Waals surface area contributed by atoms with Crippen LogP contribution in [-0.4, -0.2) is 18.8 Å². The van der Waals surface area contributed by atoms with Crippen LogP contribution in [0, 0.1) is 11.3 Å². The minimum atomic E-state index is -0.0321. The van der Waals surface area contributed by atoms with Gasteiger partial charge < -0.3 is 10.1 Å². The first-order chi connectivity index (χ1) is 11.2. The Morgan fingerprint density at radius 3 is 2.61 bits per heavy atom. The number of carbonyl (C=O) groups excluding carboxylic acids is 1. The van der Waals surface area contributed by atoms with Crippen LogP contribution in [0.15, 0.2) is 48.5 Å². The largest absolute Gasteiger partial charge is 0.496 e. The summed E-state index contributed by atoms with van der Waals surface area (Å²) >= 11 is 1.49. The number of benzene rings is 2. The summed E-state index contributed by atoms with van der Waals surface area (Å²) in [5.74, 6) is 1.74. The SMILES string of the molecule is COc1ccccc1CNC(=O)CSCc1ccccc1C#N. The fourth-order valence-corrected chi connectivity index (χ4v) is 2.96. The summed E-state index contributed by atoms with van der Waals surface area (Å²) in [5.41, 5.74) is 2.56. The molecule has 0 aromatic heterocycles. The normalized spacial score (nSPS) is 9.91. The second kappa shape index (κ2) is 8.86. The Hall–Kier alpha value is -2.45. The molecule has 23 heavy (non-hydrogen) atoms. The van der Waals surface area contributed by atoms with Crippen molar-refractivity contribution in [3.63, 3.8) is 0 Å². The van der Waals surface area contributed by atoms with Crippen molar-refractivity contribution in [1.29, 1.82) is 5.26 Å². The maximum absolute atomic E-state index is 11.9. The summed E-state index contributed by atoms with van der Waals surface area (Å²) in [7, 11) is 1.61. The summed E-state index contributed by atoms with van der Waals surface area (Å²) in [6.07, 6.45) is 0. The summed E-state index contributed by atoms with van der Waals surface area (Å²) in [4.78, 5) is 11.9. The molecule has 0 heterocycles. The van der Waals surface area contributed by atoms with E-state index >= 15 is 0 Å². The van der Waals surface area contributed by atoms with Gasteiger partial charge in [0, 0.05) is 17.9 Å². The minimum absolute atomic E-state index is 0.0321. The highest BCUT2D eigenvalue weighted by Crippen LogP contribution is 2.18. The first kappa shape index (κ1) is 16.9. The van der Waals surface area contributed by atoms with E-state index in [1.54, 1.807) is 13.2 Å². The van der Waals surface area contributed by atoms with Crippen LogP contribution in [0.5, 0.6) is 5.75 Å². The summed E-state index contributed by atoms with van der Waals surface area (Å²) in [5, 5.41) is 11.9. The van der Waals surface area contributed by atoms with Crippen LogP contribution in [0.25, 0.3) is 0 Å².